The first-order valence-corrected chi connectivity index (χ1v) is 3.69. The van der Waals surface area contributed by atoms with Crippen LogP contribution in [0.4, 0.5) is 8.78 Å². The van der Waals surface area contributed by atoms with Crippen molar-refractivity contribution in [3.63, 3.8) is 0 Å². The number of aliphatic carboxylic acids is 1. The van der Waals surface area contributed by atoms with E-state index < -0.39 is 18.4 Å². The monoisotopic (exact) mass is 181 g/mol. The zero-order valence-corrected chi connectivity index (χ0v) is 6.84. The minimum Gasteiger partial charge on any atom is -0.481 e. The molecule has 2 atom stereocenters. The minimum absolute atomic E-state index is 0.0456. The molecule has 0 fully saturated rings. The fourth-order valence-electron chi connectivity index (χ4n) is 0.949. The van der Waals surface area contributed by atoms with Crippen LogP contribution in [0.3, 0.4) is 0 Å². The quantitative estimate of drug-likeness (QED) is 0.667. The van der Waals surface area contributed by atoms with Crippen LogP contribution in [-0.2, 0) is 4.79 Å². The lowest BCUT2D eigenvalue weighted by atomic mass is 9.99. The number of hydrogen-bond donors (Lipinski definition) is 2. The van der Waals surface area contributed by atoms with E-state index in [1.807, 2.05) is 0 Å². The molecule has 0 aromatic heterocycles. The number of hydrogen-bond acceptors (Lipinski definition) is 2. The van der Waals surface area contributed by atoms with Crippen LogP contribution in [0.1, 0.15) is 19.8 Å². The number of nitrogens with two attached hydrogens (primary N) is 1. The Hall–Kier alpha value is -0.710. The Bertz CT molecular complexity index is 152. The third-order valence-electron chi connectivity index (χ3n) is 1.52. The van der Waals surface area contributed by atoms with Crippen LogP contribution in [0, 0.1) is 5.92 Å². The Morgan fingerprint density at radius 2 is 2.08 bits per heavy atom. The van der Waals surface area contributed by atoms with Gasteiger partial charge in [-0.3, -0.25) is 4.79 Å². The van der Waals surface area contributed by atoms with Crippen LogP contribution in [-0.4, -0.2) is 23.5 Å². The molecule has 0 rings (SSSR count). The maximum absolute atomic E-state index is 11.9. The molecule has 0 amide bonds. The van der Waals surface area contributed by atoms with Crippen molar-refractivity contribution in [1.82, 2.24) is 0 Å². The fourth-order valence-corrected chi connectivity index (χ4v) is 0.949. The van der Waals surface area contributed by atoms with Gasteiger partial charge in [0.2, 0.25) is 0 Å². The third-order valence-corrected chi connectivity index (χ3v) is 1.52. The molecule has 0 aliphatic rings. The molecular weight excluding hydrogens is 168 g/mol. The molecule has 72 valence electrons. The summed E-state index contributed by atoms with van der Waals surface area (Å²) in [5, 5.41) is 8.31. The summed E-state index contributed by atoms with van der Waals surface area (Å²) in [5.74, 6) is -1.28. The summed E-state index contributed by atoms with van der Waals surface area (Å²) >= 11 is 0. The second-order valence-electron chi connectivity index (χ2n) is 2.94. The smallest absolute Gasteiger partial charge is 0.303 e. The van der Waals surface area contributed by atoms with Gasteiger partial charge < -0.3 is 10.8 Å². The zero-order chi connectivity index (χ0) is 9.72. The first-order valence-electron chi connectivity index (χ1n) is 3.69. The molecule has 0 heterocycles. The van der Waals surface area contributed by atoms with Crippen molar-refractivity contribution in [3.8, 4) is 0 Å². The second-order valence-corrected chi connectivity index (χ2v) is 2.94. The van der Waals surface area contributed by atoms with E-state index >= 15 is 0 Å². The molecule has 3 N–H and O–H groups in total. The van der Waals surface area contributed by atoms with Crippen LogP contribution < -0.4 is 5.73 Å². The number of carboxylic acids is 1. The highest BCUT2D eigenvalue weighted by atomic mass is 19.3. The molecule has 0 saturated carbocycles. The summed E-state index contributed by atoms with van der Waals surface area (Å²) in [6, 6.07) is -1.21. The highest BCUT2D eigenvalue weighted by Gasteiger charge is 2.19. The summed E-state index contributed by atoms with van der Waals surface area (Å²) in [4.78, 5) is 10.1. The number of alkyl halides is 2. The fraction of sp³-hybridized carbons (Fsp3) is 0.857. The van der Waals surface area contributed by atoms with Gasteiger partial charge >= 0.3 is 5.97 Å². The van der Waals surface area contributed by atoms with Crippen LogP contribution in [0.5, 0.6) is 0 Å². The van der Waals surface area contributed by atoms with Gasteiger partial charge in [-0.25, -0.2) is 8.78 Å². The van der Waals surface area contributed by atoms with Gasteiger partial charge in [0, 0.05) is 6.42 Å². The van der Waals surface area contributed by atoms with Gasteiger partial charge in [0.1, 0.15) is 0 Å². The molecule has 0 aromatic rings. The summed E-state index contributed by atoms with van der Waals surface area (Å²) < 4.78 is 23.7. The number of halogens is 2. The molecule has 0 unspecified atom stereocenters. The SMILES string of the molecule is C[C@H](CC(=O)O)C[C@@H](N)C(F)F. The van der Waals surface area contributed by atoms with E-state index in [0.717, 1.165) is 0 Å². The predicted octanol–water partition coefficient (Wildman–Crippen LogP) is 1.08. The average Bonchev–Trinajstić information content (AvgIpc) is 1.84. The van der Waals surface area contributed by atoms with Gasteiger partial charge in [-0.2, -0.15) is 0 Å². The van der Waals surface area contributed by atoms with Gasteiger partial charge in [-0.1, -0.05) is 6.92 Å². The van der Waals surface area contributed by atoms with Crippen LogP contribution in [0.25, 0.3) is 0 Å². The Labute approximate surface area is 69.6 Å². The highest BCUT2D eigenvalue weighted by Crippen LogP contribution is 2.13. The van der Waals surface area contributed by atoms with E-state index in [1.54, 1.807) is 6.92 Å². The van der Waals surface area contributed by atoms with Crippen LogP contribution in [0.15, 0.2) is 0 Å². The van der Waals surface area contributed by atoms with Crippen molar-refractivity contribution in [2.75, 3.05) is 0 Å². The molecule has 3 nitrogen and oxygen atoms in total. The number of carboxylic acid groups (broad SMARTS) is 1. The molecule has 12 heavy (non-hydrogen) atoms. The Morgan fingerprint density at radius 3 is 2.42 bits per heavy atom. The molecule has 0 spiro atoms. The van der Waals surface area contributed by atoms with E-state index in [2.05, 4.69) is 0 Å². The Morgan fingerprint density at radius 1 is 1.58 bits per heavy atom. The van der Waals surface area contributed by atoms with Crippen molar-refractivity contribution >= 4 is 5.97 Å². The Kier molecular flexibility index (Phi) is 4.73. The first-order chi connectivity index (χ1) is 5.43. The molecule has 0 saturated heterocycles. The summed E-state index contributed by atoms with van der Waals surface area (Å²) in [7, 11) is 0. The van der Waals surface area contributed by atoms with Gasteiger partial charge in [-0.15, -0.1) is 0 Å². The topological polar surface area (TPSA) is 63.3 Å². The third kappa shape index (κ3) is 5.01. The highest BCUT2D eigenvalue weighted by molar-refractivity contribution is 5.66. The lowest BCUT2D eigenvalue weighted by molar-refractivity contribution is -0.138. The molecular formula is C7H13F2NO2. The molecule has 0 aromatic carbocycles. The predicted molar refractivity (Wildman–Crippen MR) is 40.0 cm³/mol. The molecule has 0 radical (unpaired) electrons. The van der Waals surface area contributed by atoms with Crippen molar-refractivity contribution in [3.05, 3.63) is 0 Å². The van der Waals surface area contributed by atoms with E-state index in [1.165, 1.54) is 0 Å². The maximum Gasteiger partial charge on any atom is 0.303 e. The largest absolute Gasteiger partial charge is 0.481 e. The molecule has 0 bridgehead atoms. The first kappa shape index (κ1) is 11.3. The standard InChI is InChI=1S/C7H13F2NO2/c1-4(3-6(11)12)2-5(10)7(8)9/h4-5,7H,2-3,10H2,1H3,(H,11,12)/t4-,5+/m0/s1. The van der Waals surface area contributed by atoms with Crippen molar-refractivity contribution in [2.45, 2.75) is 32.2 Å². The van der Waals surface area contributed by atoms with Gasteiger partial charge in [0.25, 0.3) is 6.43 Å². The number of carbonyl (C=O) groups is 1. The van der Waals surface area contributed by atoms with Gasteiger partial charge in [0.05, 0.1) is 6.04 Å². The second kappa shape index (κ2) is 5.03. The molecule has 5 heteroatoms. The Balaban J connectivity index is 3.68. The number of rotatable bonds is 5. The van der Waals surface area contributed by atoms with Crippen molar-refractivity contribution in [2.24, 2.45) is 11.7 Å². The van der Waals surface area contributed by atoms with E-state index in [4.69, 9.17) is 10.8 Å². The zero-order valence-electron chi connectivity index (χ0n) is 6.84. The van der Waals surface area contributed by atoms with Gasteiger partial charge in [0.15, 0.2) is 0 Å². The summed E-state index contributed by atoms with van der Waals surface area (Å²) in [5.41, 5.74) is 5.05. The summed E-state index contributed by atoms with van der Waals surface area (Å²) in [6.07, 6.45) is -2.63. The lowest BCUT2D eigenvalue weighted by Gasteiger charge is -2.14. The van der Waals surface area contributed by atoms with Crippen LogP contribution in [0.2, 0.25) is 0 Å². The normalized spacial score (nSPS) is 16.1. The van der Waals surface area contributed by atoms with E-state index in [9.17, 15) is 13.6 Å². The van der Waals surface area contributed by atoms with Crippen molar-refractivity contribution in [1.29, 1.82) is 0 Å². The molecule has 0 aliphatic carbocycles. The van der Waals surface area contributed by atoms with E-state index in [0.29, 0.717) is 0 Å². The van der Waals surface area contributed by atoms with Gasteiger partial charge in [-0.05, 0) is 12.3 Å². The minimum atomic E-state index is -2.57. The van der Waals surface area contributed by atoms with E-state index in [-0.39, 0.29) is 18.8 Å². The van der Waals surface area contributed by atoms with Crippen LogP contribution >= 0.6 is 0 Å². The maximum atomic E-state index is 11.9. The summed E-state index contributed by atoms with van der Waals surface area (Å²) in [6.45, 7) is 1.59. The van der Waals surface area contributed by atoms with Crippen molar-refractivity contribution < 1.29 is 18.7 Å². The molecule has 0 aliphatic heterocycles. The average molecular weight is 181 g/mol. The lowest BCUT2D eigenvalue weighted by Crippen LogP contribution is -2.31.